The number of ether oxygens (including phenoxy) is 5. The third kappa shape index (κ3) is 15.6. The van der Waals surface area contributed by atoms with Gasteiger partial charge in [0.05, 0.1) is 45.5 Å². The van der Waals surface area contributed by atoms with Gasteiger partial charge in [0, 0.05) is 122 Å². The summed E-state index contributed by atoms with van der Waals surface area (Å²) in [5, 5.41) is 3.92. The number of carbonyl (C=O) groups excluding carboxylic acids is 7. The molecule has 0 bridgehead atoms. The van der Waals surface area contributed by atoms with E-state index in [0.29, 0.717) is 132 Å². The van der Waals surface area contributed by atoms with Gasteiger partial charge in [-0.2, -0.15) is 0 Å². The van der Waals surface area contributed by atoms with Crippen LogP contribution in [0.1, 0.15) is 244 Å². The number of nitrogens with zero attached hydrogens (tertiary/aromatic N) is 5. The average molecular weight is 1740 g/mol. The largest absolute Gasteiger partial charge is 0.497 e. The van der Waals surface area contributed by atoms with Crippen LogP contribution < -0.4 is 29.3 Å². The van der Waals surface area contributed by atoms with Gasteiger partial charge in [-0.15, -0.1) is 22.7 Å². The van der Waals surface area contributed by atoms with Crippen molar-refractivity contribution >= 4 is 129 Å². The molecule has 7 amide bonds. The first kappa shape index (κ1) is 85.3. The van der Waals surface area contributed by atoms with Gasteiger partial charge in [0.25, 0.3) is 35.4 Å². The van der Waals surface area contributed by atoms with Gasteiger partial charge in [0.1, 0.15) is 57.3 Å². The SMILES string of the molecule is CCCCN1C(=O)c2cc(Oc3ccc(C(C)(C)C)cc3)c3c4c(Oc5ccc(C(C)(C)C)cc5)cc5c6c(cc(Oc7ccc(C(C)(C)C)cc7)c(c7c(Oc8ccc(C(C)(C)C)cc8)cc(c2c37)C1=O)c64)C(=O)N(C1CCN(C(=O)c2cc(C3=C(c4cc(C(=O)N6CCN(C(=O)Cc7cc8ccc(OC)cc8oc7=O)CC6)sc4C)CCC3)c(C)s2)CC1)C5=O. The van der Waals surface area contributed by atoms with Crippen LogP contribution in [0.5, 0.6) is 51.7 Å². The Labute approximate surface area is 747 Å². The maximum Gasteiger partial charge on any atom is 0.339 e. The minimum Gasteiger partial charge on any atom is -0.497 e. The number of piperazine rings is 1. The summed E-state index contributed by atoms with van der Waals surface area (Å²) in [4.78, 5) is 132. The lowest BCUT2D eigenvalue weighted by molar-refractivity contribution is -0.132. The molecule has 127 heavy (non-hydrogen) atoms. The predicted octanol–water partition coefficient (Wildman–Crippen LogP) is 23.9. The lowest BCUT2D eigenvalue weighted by atomic mass is 9.80. The van der Waals surface area contributed by atoms with Crippen molar-refractivity contribution in [1.29, 1.82) is 0 Å². The third-order valence-corrected chi connectivity index (χ3v) is 28.1. The summed E-state index contributed by atoms with van der Waals surface area (Å²) in [6.45, 7) is 33.8. The van der Waals surface area contributed by atoms with E-state index in [1.165, 1.54) is 39.6 Å². The average Bonchev–Trinajstić information content (AvgIpc) is 0.939. The fourth-order valence-electron chi connectivity index (χ4n) is 18.9. The summed E-state index contributed by atoms with van der Waals surface area (Å²) in [5.41, 5.74) is 8.59. The number of benzene rings is 10. The van der Waals surface area contributed by atoms with Gasteiger partial charge in [-0.25, -0.2) is 4.79 Å². The number of unbranched alkanes of at least 4 members (excludes halogenated alkanes) is 1. The zero-order chi connectivity index (χ0) is 89.5. The Morgan fingerprint density at radius 1 is 0.417 bits per heavy atom. The molecular weight excluding hydrogens is 1630 g/mol. The maximum absolute atomic E-state index is 16.6. The molecule has 0 saturated carbocycles. The molecule has 0 spiro atoms. The van der Waals surface area contributed by atoms with E-state index in [0.717, 1.165) is 73.5 Å². The van der Waals surface area contributed by atoms with Crippen molar-refractivity contribution in [3.63, 3.8) is 0 Å². The molecule has 5 aliphatic rings. The molecule has 19 nitrogen and oxygen atoms in total. The number of hydrogen-bond donors (Lipinski definition) is 0. The van der Waals surface area contributed by atoms with Gasteiger partial charge < -0.3 is 42.8 Å². The third-order valence-electron chi connectivity index (χ3n) is 26.1. The molecule has 4 aliphatic heterocycles. The van der Waals surface area contributed by atoms with Crippen molar-refractivity contribution in [3.05, 3.63) is 249 Å². The van der Waals surface area contributed by atoms with Crippen LogP contribution in [0.15, 0.2) is 167 Å². The van der Waals surface area contributed by atoms with E-state index < -0.39 is 35.3 Å². The van der Waals surface area contributed by atoms with Gasteiger partial charge >= 0.3 is 5.63 Å². The Bertz CT molecular complexity index is 6560. The van der Waals surface area contributed by atoms with Crippen LogP contribution in [0.3, 0.4) is 0 Å². The zero-order valence-corrected chi connectivity index (χ0v) is 76.6. The molecule has 0 radical (unpaired) electrons. The van der Waals surface area contributed by atoms with Crippen LogP contribution in [0, 0.1) is 13.8 Å². The number of thiophene rings is 2. The topological polar surface area (TPSA) is 212 Å². The smallest absolute Gasteiger partial charge is 0.339 e. The van der Waals surface area contributed by atoms with Crippen LogP contribution in [0.4, 0.5) is 0 Å². The van der Waals surface area contributed by atoms with Crippen molar-refractivity contribution in [2.75, 3.05) is 52.9 Å². The quantitative estimate of drug-likeness (QED) is 0.0319. The second-order valence-corrected chi connectivity index (χ2v) is 41.1. The number of hydrogen-bond acceptors (Lipinski definition) is 16. The lowest BCUT2D eigenvalue weighted by Crippen LogP contribution is -2.52. The molecule has 650 valence electrons. The maximum atomic E-state index is 16.6. The number of rotatable bonds is 19. The summed E-state index contributed by atoms with van der Waals surface area (Å²) in [5.74, 6) is 0.712. The summed E-state index contributed by atoms with van der Waals surface area (Å²) in [6, 6.07) is 48.7. The highest BCUT2D eigenvalue weighted by molar-refractivity contribution is 7.14. The van der Waals surface area contributed by atoms with E-state index >= 15 is 24.0 Å². The normalized spacial score (nSPS) is 15.5. The number of carbonyl (C=O) groups is 7. The van der Waals surface area contributed by atoms with E-state index in [9.17, 15) is 14.4 Å². The number of aryl methyl sites for hydroxylation is 2. The minimum atomic E-state index is -0.670. The molecule has 0 atom stereocenters. The van der Waals surface area contributed by atoms with Gasteiger partial charge in [0.2, 0.25) is 5.91 Å². The molecule has 2 saturated heterocycles. The molecule has 2 fully saturated rings. The second-order valence-electron chi connectivity index (χ2n) is 38.6. The summed E-state index contributed by atoms with van der Waals surface area (Å²) in [7, 11) is 1.54. The number of allylic oxidation sites excluding steroid dienone is 2. The summed E-state index contributed by atoms with van der Waals surface area (Å²) in [6.07, 6.45) is 4.19. The fraction of sp³-hybridized carbons (Fsp3) is 0.340. The number of amides is 7. The van der Waals surface area contributed by atoms with Crippen molar-refractivity contribution < 1.29 is 61.7 Å². The standard InChI is InChI=1S/C106H105N5O14S2/c1-17-18-42-110-96(113)76-52-81(121-67-32-23-62(24-33-67)103(4,5)6)90-92-83(123-69-36-27-64(28-37-69)105(10,11)12)54-78-89-79(55-84(124-70-38-29-65(30-39-70)106(13,14)15)93(95(89)92)91-82(53-77(97(110)114)88(76)94(90)91)122-68-34-25-63(26-35-68)104(7,8)9)99(116)111(98(78)115)66-40-43-108(44-41-66)100(117)85-56-74(58(2)126-85)72-20-19-21-73(72)75-57-86(127-59(75)3)101(118)109-47-45-107(46-48-109)87(112)50-61-49-60-22-31-71(120-16)51-80(60)125-102(61)119/h22-39,49,51-57,66H,17-21,40-48,50H2,1-16H3. The first-order valence-electron chi connectivity index (χ1n) is 44.1. The molecule has 1 aliphatic carbocycles. The summed E-state index contributed by atoms with van der Waals surface area (Å²) >= 11 is 2.92. The first-order valence-corrected chi connectivity index (χ1v) is 45.8. The molecule has 18 rings (SSSR count). The number of piperidine rings is 1. The van der Waals surface area contributed by atoms with Gasteiger partial charge in [-0.05, 0) is 222 Å². The Morgan fingerprint density at radius 3 is 1.15 bits per heavy atom. The number of fused-ring (bicyclic) bond motifs is 3. The number of likely N-dealkylation sites (tertiary alicyclic amines) is 1. The molecular formula is C106H105N5O14S2. The molecule has 13 aromatic rings. The molecule has 0 unspecified atom stereocenters. The first-order chi connectivity index (χ1) is 60.5. The van der Waals surface area contributed by atoms with E-state index in [1.807, 2.05) is 128 Å². The Balaban J connectivity index is 0.715. The second kappa shape index (κ2) is 32.4. The van der Waals surface area contributed by atoms with Crippen LogP contribution >= 0.6 is 22.7 Å². The number of imide groups is 2. The Kier molecular flexibility index (Phi) is 21.8. The predicted molar refractivity (Wildman–Crippen MR) is 502 cm³/mol. The van der Waals surface area contributed by atoms with Crippen LogP contribution in [-0.4, -0.2) is 125 Å². The van der Waals surface area contributed by atoms with Crippen LogP contribution in [0.25, 0.3) is 65.2 Å². The molecule has 0 N–H and O–H groups in total. The van der Waals surface area contributed by atoms with Crippen molar-refractivity contribution in [1.82, 2.24) is 24.5 Å². The van der Waals surface area contributed by atoms with Gasteiger partial charge in [-0.3, -0.25) is 43.4 Å². The highest BCUT2D eigenvalue weighted by Gasteiger charge is 2.45. The van der Waals surface area contributed by atoms with E-state index in [1.54, 1.807) is 58.3 Å². The van der Waals surface area contributed by atoms with Gasteiger partial charge in [-0.1, -0.05) is 145 Å². The van der Waals surface area contributed by atoms with Crippen LogP contribution in [-0.2, 0) is 32.9 Å². The minimum absolute atomic E-state index is 0.101. The van der Waals surface area contributed by atoms with E-state index in [-0.39, 0.29) is 129 Å². The summed E-state index contributed by atoms with van der Waals surface area (Å²) < 4.78 is 40.4. The van der Waals surface area contributed by atoms with Crippen molar-refractivity contribution in [2.45, 2.75) is 183 Å². The number of methoxy groups -OCH3 is 1. The lowest BCUT2D eigenvalue weighted by Gasteiger charge is -2.39. The van der Waals surface area contributed by atoms with E-state index in [2.05, 4.69) is 90.0 Å². The molecule has 7 heterocycles. The van der Waals surface area contributed by atoms with Crippen LogP contribution in [0.2, 0.25) is 0 Å². The van der Waals surface area contributed by atoms with E-state index in [4.69, 9.17) is 28.1 Å². The van der Waals surface area contributed by atoms with Crippen molar-refractivity contribution in [2.24, 2.45) is 0 Å². The highest BCUT2D eigenvalue weighted by atomic mass is 32.1. The highest BCUT2D eigenvalue weighted by Crippen LogP contribution is 2.59. The Hall–Kier alpha value is -12.5. The molecule has 10 aromatic carbocycles. The molecule has 3 aromatic heterocycles. The zero-order valence-electron chi connectivity index (χ0n) is 75.0. The van der Waals surface area contributed by atoms with Crippen molar-refractivity contribution in [3.8, 4) is 51.7 Å². The Morgan fingerprint density at radius 2 is 0.780 bits per heavy atom. The molecule has 21 heteroatoms. The van der Waals surface area contributed by atoms with Gasteiger partial charge in [0.15, 0.2) is 0 Å². The monoisotopic (exact) mass is 1740 g/mol. The fourth-order valence-corrected chi connectivity index (χ4v) is 20.9.